The van der Waals surface area contributed by atoms with Crippen LogP contribution in [0.5, 0.6) is 0 Å². The summed E-state index contributed by atoms with van der Waals surface area (Å²) in [4.78, 5) is 7.38. The average Bonchev–Trinajstić information content (AvgIpc) is 2.23. The lowest BCUT2D eigenvalue weighted by Crippen LogP contribution is -2.20. The van der Waals surface area contributed by atoms with Gasteiger partial charge in [-0.2, -0.15) is 4.98 Å². The molecule has 1 N–H and O–H groups in total. The van der Waals surface area contributed by atoms with Gasteiger partial charge in [-0.1, -0.05) is 20.3 Å². The third-order valence-electron chi connectivity index (χ3n) is 2.55. The van der Waals surface area contributed by atoms with E-state index in [-0.39, 0.29) is 17.1 Å². The molecule has 0 aliphatic heterocycles. The first-order valence-corrected chi connectivity index (χ1v) is 5.85. The van der Waals surface area contributed by atoms with E-state index in [1.54, 1.807) is 0 Å². The highest BCUT2D eigenvalue weighted by Gasteiger charge is 2.11. The van der Waals surface area contributed by atoms with E-state index < -0.39 is 5.82 Å². The predicted molar refractivity (Wildman–Crippen MR) is 64.2 cm³/mol. The third kappa shape index (κ3) is 3.93. The molecule has 0 fully saturated rings. The third-order valence-corrected chi connectivity index (χ3v) is 2.73. The smallest absolute Gasteiger partial charge is 0.224 e. The van der Waals surface area contributed by atoms with Crippen LogP contribution in [0.3, 0.4) is 0 Å². The van der Waals surface area contributed by atoms with Crippen LogP contribution in [0.1, 0.15) is 33.6 Å². The normalized spacial score (nSPS) is 14.6. The first-order chi connectivity index (χ1) is 7.52. The van der Waals surface area contributed by atoms with Crippen molar-refractivity contribution in [1.82, 2.24) is 9.97 Å². The molecule has 1 heterocycles. The van der Waals surface area contributed by atoms with Crippen LogP contribution in [0.4, 0.5) is 10.2 Å². The average molecular weight is 246 g/mol. The van der Waals surface area contributed by atoms with Crippen LogP contribution in [0.25, 0.3) is 0 Å². The van der Waals surface area contributed by atoms with Crippen molar-refractivity contribution >= 4 is 17.4 Å². The van der Waals surface area contributed by atoms with E-state index in [1.165, 1.54) is 0 Å². The van der Waals surface area contributed by atoms with Crippen molar-refractivity contribution < 1.29 is 4.39 Å². The quantitative estimate of drug-likeness (QED) is 0.807. The zero-order chi connectivity index (χ0) is 12.1. The second kappa shape index (κ2) is 5.99. The van der Waals surface area contributed by atoms with Crippen molar-refractivity contribution in [2.45, 2.75) is 39.7 Å². The number of anilines is 1. The monoisotopic (exact) mass is 245 g/mol. The van der Waals surface area contributed by atoms with Crippen molar-refractivity contribution in [3.63, 3.8) is 0 Å². The van der Waals surface area contributed by atoms with E-state index in [1.807, 2.05) is 6.92 Å². The van der Waals surface area contributed by atoms with Gasteiger partial charge in [-0.25, -0.2) is 9.37 Å². The number of rotatable bonds is 5. The molecule has 1 rings (SSSR count). The lowest BCUT2D eigenvalue weighted by Gasteiger charge is -2.18. The minimum absolute atomic E-state index is 0.0552. The molecule has 0 saturated heterocycles. The van der Waals surface area contributed by atoms with Crippen LogP contribution < -0.4 is 5.32 Å². The van der Waals surface area contributed by atoms with Gasteiger partial charge in [-0.05, 0) is 30.9 Å². The first kappa shape index (κ1) is 13.2. The molecule has 2 atom stereocenters. The van der Waals surface area contributed by atoms with E-state index in [0.29, 0.717) is 5.92 Å². The Morgan fingerprint density at radius 2 is 2.19 bits per heavy atom. The SMILES string of the molecule is CCC(C)CC(C)Nc1nc(Cl)ncc1F. The molecule has 3 nitrogen and oxygen atoms in total. The first-order valence-electron chi connectivity index (χ1n) is 5.47. The van der Waals surface area contributed by atoms with E-state index >= 15 is 0 Å². The standard InChI is InChI=1S/C11H17ClFN3/c1-4-7(2)5-8(3)15-10-9(13)6-14-11(12)16-10/h6-8H,4-5H2,1-3H3,(H,14,15,16). The molecule has 90 valence electrons. The van der Waals surface area contributed by atoms with Gasteiger partial charge in [0.1, 0.15) is 0 Å². The summed E-state index contributed by atoms with van der Waals surface area (Å²) in [5, 5.41) is 3.06. The molecule has 0 aromatic carbocycles. The predicted octanol–water partition coefficient (Wildman–Crippen LogP) is 3.51. The highest BCUT2D eigenvalue weighted by molar-refractivity contribution is 6.28. The lowest BCUT2D eigenvalue weighted by atomic mass is 10.0. The number of hydrogen-bond donors (Lipinski definition) is 1. The molecule has 0 aliphatic carbocycles. The summed E-state index contributed by atoms with van der Waals surface area (Å²) in [6, 6.07) is 0.162. The Morgan fingerprint density at radius 3 is 2.81 bits per heavy atom. The van der Waals surface area contributed by atoms with Crippen LogP contribution >= 0.6 is 11.6 Å². The lowest BCUT2D eigenvalue weighted by molar-refractivity contribution is 0.481. The second-order valence-corrected chi connectivity index (χ2v) is 4.47. The zero-order valence-electron chi connectivity index (χ0n) is 9.80. The Kier molecular flexibility index (Phi) is 4.93. The summed E-state index contributed by atoms with van der Waals surface area (Å²) in [5.41, 5.74) is 0. The van der Waals surface area contributed by atoms with Crippen LogP contribution in [0.2, 0.25) is 5.28 Å². The van der Waals surface area contributed by atoms with Gasteiger partial charge in [0.25, 0.3) is 0 Å². The maximum absolute atomic E-state index is 13.3. The Bertz CT molecular complexity index is 346. The summed E-state index contributed by atoms with van der Waals surface area (Å²) in [5.74, 6) is 0.305. The molecule has 1 aromatic rings. The highest BCUT2D eigenvalue weighted by Crippen LogP contribution is 2.16. The van der Waals surface area contributed by atoms with Crippen molar-refractivity contribution in [2.75, 3.05) is 5.32 Å². The summed E-state index contributed by atoms with van der Waals surface area (Å²) >= 11 is 5.60. The minimum Gasteiger partial charge on any atom is -0.365 e. The maximum atomic E-state index is 13.3. The number of nitrogens with zero attached hydrogens (tertiary/aromatic N) is 2. The Morgan fingerprint density at radius 1 is 1.50 bits per heavy atom. The van der Waals surface area contributed by atoms with Crippen LogP contribution in [-0.4, -0.2) is 16.0 Å². The van der Waals surface area contributed by atoms with Crippen molar-refractivity contribution in [3.8, 4) is 0 Å². The topological polar surface area (TPSA) is 37.8 Å². The summed E-state index contributed by atoms with van der Waals surface area (Å²) < 4.78 is 13.3. The van der Waals surface area contributed by atoms with Crippen LogP contribution in [0.15, 0.2) is 6.20 Å². The number of aromatic nitrogens is 2. The summed E-state index contributed by atoms with van der Waals surface area (Å²) in [6.07, 6.45) is 3.16. The summed E-state index contributed by atoms with van der Waals surface area (Å²) in [7, 11) is 0. The van der Waals surface area contributed by atoms with Crippen molar-refractivity contribution in [2.24, 2.45) is 5.92 Å². The number of nitrogens with one attached hydrogen (secondary N) is 1. The van der Waals surface area contributed by atoms with Gasteiger partial charge in [-0.15, -0.1) is 0 Å². The second-order valence-electron chi connectivity index (χ2n) is 4.13. The number of hydrogen-bond acceptors (Lipinski definition) is 3. The minimum atomic E-state index is -0.472. The fourth-order valence-corrected chi connectivity index (χ4v) is 1.64. The molecule has 1 aromatic heterocycles. The van der Waals surface area contributed by atoms with E-state index in [0.717, 1.165) is 19.0 Å². The van der Waals surface area contributed by atoms with E-state index in [9.17, 15) is 4.39 Å². The van der Waals surface area contributed by atoms with Gasteiger partial charge in [0, 0.05) is 6.04 Å². The van der Waals surface area contributed by atoms with Crippen molar-refractivity contribution in [1.29, 1.82) is 0 Å². The molecular weight excluding hydrogens is 229 g/mol. The Labute approximate surface area is 100 Å². The molecule has 0 saturated carbocycles. The molecule has 0 spiro atoms. The molecule has 0 amide bonds. The van der Waals surface area contributed by atoms with Crippen LogP contribution in [0, 0.1) is 11.7 Å². The van der Waals surface area contributed by atoms with Gasteiger partial charge < -0.3 is 5.32 Å². The fraction of sp³-hybridized carbons (Fsp3) is 0.636. The zero-order valence-corrected chi connectivity index (χ0v) is 10.6. The van der Waals surface area contributed by atoms with Gasteiger partial charge in [-0.3, -0.25) is 0 Å². The molecule has 2 unspecified atom stereocenters. The van der Waals surface area contributed by atoms with Gasteiger partial charge >= 0.3 is 0 Å². The maximum Gasteiger partial charge on any atom is 0.224 e. The molecule has 0 aliphatic rings. The molecule has 5 heteroatoms. The Hall–Kier alpha value is -0.900. The molecule has 16 heavy (non-hydrogen) atoms. The van der Waals surface area contributed by atoms with Gasteiger partial charge in [0.2, 0.25) is 5.28 Å². The molecular formula is C11H17ClFN3. The molecule has 0 bridgehead atoms. The van der Waals surface area contributed by atoms with Crippen molar-refractivity contribution in [3.05, 3.63) is 17.3 Å². The fourth-order valence-electron chi connectivity index (χ4n) is 1.51. The highest BCUT2D eigenvalue weighted by atomic mass is 35.5. The Balaban J connectivity index is 2.61. The van der Waals surface area contributed by atoms with Crippen LogP contribution in [-0.2, 0) is 0 Å². The van der Waals surface area contributed by atoms with Gasteiger partial charge in [0.15, 0.2) is 11.6 Å². The largest absolute Gasteiger partial charge is 0.365 e. The van der Waals surface area contributed by atoms with Gasteiger partial charge in [0.05, 0.1) is 6.20 Å². The summed E-state index contributed by atoms with van der Waals surface area (Å²) in [6.45, 7) is 6.31. The number of halogens is 2. The molecule has 0 radical (unpaired) electrons. The van der Waals surface area contributed by atoms with E-state index in [4.69, 9.17) is 11.6 Å². The van der Waals surface area contributed by atoms with E-state index in [2.05, 4.69) is 29.1 Å².